The van der Waals surface area contributed by atoms with Crippen LogP contribution in [0.5, 0.6) is 5.75 Å². The van der Waals surface area contributed by atoms with Crippen LogP contribution in [-0.2, 0) is 0 Å². The lowest BCUT2D eigenvalue weighted by atomic mass is 10.1. The van der Waals surface area contributed by atoms with Gasteiger partial charge in [0.2, 0.25) is 5.82 Å². The molecule has 2 N–H and O–H groups in total. The van der Waals surface area contributed by atoms with Crippen molar-refractivity contribution in [2.45, 2.75) is 19.1 Å². The Morgan fingerprint density at radius 3 is 2.68 bits per heavy atom. The third-order valence-corrected chi connectivity index (χ3v) is 3.91. The van der Waals surface area contributed by atoms with Crippen molar-refractivity contribution in [2.75, 3.05) is 0 Å². The maximum atomic E-state index is 13.7. The van der Waals surface area contributed by atoms with Crippen molar-refractivity contribution in [1.82, 2.24) is 0 Å². The summed E-state index contributed by atoms with van der Waals surface area (Å²) in [5.74, 6) is -2.12. The van der Waals surface area contributed by atoms with E-state index in [2.05, 4.69) is 15.9 Å². The normalized spacial score (nSPS) is 14.2. The summed E-state index contributed by atoms with van der Waals surface area (Å²) in [6.07, 6.45) is -0.511. The summed E-state index contributed by atoms with van der Waals surface area (Å²) in [5.41, 5.74) is 5.86. The molecule has 0 saturated heterocycles. The highest BCUT2D eigenvalue weighted by atomic mass is 79.9. The first-order valence-corrected chi connectivity index (χ1v) is 7.26. The zero-order valence-corrected chi connectivity index (χ0v) is 12.5. The van der Waals surface area contributed by atoms with Gasteiger partial charge < -0.3 is 10.5 Å². The summed E-state index contributed by atoms with van der Waals surface area (Å²) in [4.78, 5) is 0.870. The lowest BCUT2D eigenvalue weighted by Crippen LogP contribution is -2.28. The summed E-state index contributed by atoms with van der Waals surface area (Å²) in [6.45, 7) is 1.76. The predicted octanol–water partition coefficient (Wildman–Crippen LogP) is 4.26. The largest absolute Gasteiger partial charge is 0.480 e. The number of halogens is 3. The van der Waals surface area contributed by atoms with Crippen LogP contribution in [0.25, 0.3) is 0 Å². The smallest absolute Gasteiger partial charge is 0.200 e. The Morgan fingerprint density at radius 2 is 2.11 bits per heavy atom. The molecule has 0 fully saturated rings. The van der Waals surface area contributed by atoms with Crippen LogP contribution in [0.3, 0.4) is 0 Å². The Hall–Kier alpha value is -0.980. The van der Waals surface area contributed by atoms with E-state index in [1.54, 1.807) is 6.92 Å². The predicted molar refractivity (Wildman–Crippen MR) is 75.4 cm³/mol. The van der Waals surface area contributed by atoms with E-state index in [9.17, 15) is 8.78 Å². The van der Waals surface area contributed by atoms with Gasteiger partial charge in [0.05, 0.1) is 0 Å². The van der Waals surface area contributed by atoms with Gasteiger partial charge in [-0.25, -0.2) is 4.39 Å². The Balaban J connectivity index is 2.33. The van der Waals surface area contributed by atoms with Gasteiger partial charge in [-0.2, -0.15) is 4.39 Å². The van der Waals surface area contributed by atoms with Crippen molar-refractivity contribution in [3.05, 3.63) is 50.6 Å². The summed E-state index contributed by atoms with van der Waals surface area (Å²) in [6, 6.07) is 5.80. The SMILES string of the molecule is CC(N)C(Oc1cc(Br)cc(F)c1F)c1cccs1. The second-order valence-corrected chi connectivity index (χ2v) is 6.01. The lowest BCUT2D eigenvalue weighted by molar-refractivity contribution is 0.174. The van der Waals surface area contributed by atoms with Crippen LogP contribution in [0, 0.1) is 11.6 Å². The molecule has 0 amide bonds. The number of hydrogen-bond donors (Lipinski definition) is 1. The zero-order valence-electron chi connectivity index (χ0n) is 10.1. The maximum absolute atomic E-state index is 13.7. The van der Waals surface area contributed by atoms with Crippen LogP contribution in [0.2, 0.25) is 0 Å². The van der Waals surface area contributed by atoms with Crippen molar-refractivity contribution < 1.29 is 13.5 Å². The first kappa shape index (κ1) is 14.4. The summed E-state index contributed by atoms with van der Waals surface area (Å²) < 4.78 is 33.0. The summed E-state index contributed by atoms with van der Waals surface area (Å²) in [5, 5.41) is 1.88. The highest BCUT2D eigenvalue weighted by molar-refractivity contribution is 9.10. The highest BCUT2D eigenvalue weighted by Crippen LogP contribution is 2.32. The molecule has 2 rings (SSSR count). The lowest BCUT2D eigenvalue weighted by Gasteiger charge is -2.22. The number of rotatable bonds is 4. The van der Waals surface area contributed by atoms with E-state index in [-0.39, 0.29) is 11.8 Å². The van der Waals surface area contributed by atoms with Gasteiger partial charge >= 0.3 is 0 Å². The van der Waals surface area contributed by atoms with E-state index in [0.717, 1.165) is 10.9 Å². The summed E-state index contributed by atoms with van der Waals surface area (Å²) in [7, 11) is 0. The third-order valence-electron chi connectivity index (χ3n) is 2.51. The van der Waals surface area contributed by atoms with Crippen molar-refractivity contribution in [3.63, 3.8) is 0 Å². The number of nitrogens with two attached hydrogens (primary N) is 1. The van der Waals surface area contributed by atoms with Crippen molar-refractivity contribution in [2.24, 2.45) is 5.73 Å². The molecule has 2 nitrogen and oxygen atoms in total. The van der Waals surface area contributed by atoms with Crippen molar-refractivity contribution in [1.29, 1.82) is 0 Å². The van der Waals surface area contributed by atoms with Gasteiger partial charge in [-0.15, -0.1) is 11.3 Å². The van der Waals surface area contributed by atoms with Crippen LogP contribution in [-0.4, -0.2) is 6.04 Å². The quantitative estimate of drug-likeness (QED) is 0.838. The molecule has 1 heterocycles. The van der Waals surface area contributed by atoms with E-state index < -0.39 is 17.7 Å². The average Bonchev–Trinajstić information content (AvgIpc) is 2.84. The molecule has 1 aromatic carbocycles. The van der Waals surface area contributed by atoms with E-state index in [4.69, 9.17) is 10.5 Å². The molecule has 6 heteroatoms. The van der Waals surface area contributed by atoms with E-state index in [0.29, 0.717) is 4.47 Å². The fourth-order valence-corrected chi connectivity index (χ4v) is 2.91. The molecule has 0 aliphatic carbocycles. The van der Waals surface area contributed by atoms with Crippen LogP contribution < -0.4 is 10.5 Å². The minimum absolute atomic E-state index is 0.150. The molecule has 2 atom stereocenters. The first-order chi connectivity index (χ1) is 8.99. The van der Waals surface area contributed by atoms with Crippen molar-refractivity contribution in [3.8, 4) is 5.75 Å². The molecule has 0 radical (unpaired) electrons. The number of hydrogen-bond acceptors (Lipinski definition) is 3. The van der Waals surface area contributed by atoms with Gasteiger partial charge in [0.15, 0.2) is 11.6 Å². The number of thiophene rings is 1. The molecule has 1 aromatic heterocycles. The number of benzene rings is 1. The maximum Gasteiger partial charge on any atom is 0.200 e. The van der Waals surface area contributed by atoms with E-state index in [1.807, 2.05) is 17.5 Å². The molecule has 0 saturated carbocycles. The highest BCUT2D eigenvalue weighted by Gasteiger charge is 2.22. The summed E-state index contributed by atoms with van der Waals surface area (Å²) >= 11 is 4.57. The van der Waals surface area contributed by atoms with E-state index >= 15 is 0 Å². The van der Waals surface area contributed by atoms with Gasteiger partial charge in [-0.1, -0.05) is 22.0 Å². The fourth-order valence-electron chi connectivity index (χ4n) is 1.63. The standard InChI is InChI=1S/C13H12BrF2NOS/c1-7(17)13(11-3-2-4-19-11)18-10-6-8(14)5-9(15)12(10)16/h2-7,13H,17H2,1H3. The minimum Gasteiger partial charge on any atom is -0.480 e. The second kappa shape index (κ2) is 5.98. The van der Waals surface area contributed by atoms with Gasteiger partial charge in [0.25, 0.3) is 0 Å². The van der Waals surface area contributed by atoms with Gasteiger partial charge in [-0.05, 0) is 30.5 Å². The molecule has 0 aliphatic rings. The van der Waals surface area contributed by atoms with Crippen LogP contribution in [0.15, 0.2) is 34.1 Å². The Labute approximate surface area is 122 Å². The molecule has 0 aliphatic heterocycles. The molecular weight excluding hydrogens is 336 g/mol. The fraction of sp³-hybridized carbons (Fsp3) is 0.231. The van der Waals surface area contributed by atoms with Crippen LogP contribution >= 0.6 is 27.3 Å². The zero-order chi connectivity index (χ0) is 14.0. The van der Waals surface area contributed by atoms with Gasteiger partial charge in [0.1, 0.15) is 6.10 Å². The average molecular weight is 348 g/mol. The van der Waals surface area contributed by atoms with Crippen molar-refractivity contribution >= 4 is 27.3 Å². The second-order valence-electron chi connectivity index (χ2n) is 4.11. The molecule has 19 heavy (non-hydrogen) atoms. The Morgan fingerprint density at radius 1 is 1.37 bits per heavy atom. The number of ether oxygens (including phenoxy) is 1. The molecule has 2 aromatic rings. The van der Waals surface area contributed by atoms with Crippen LogP contribution in [0.4, 0.5) is 8.78 Å². The first-order valence-electron chi connectivity index (χ1n) is 5.59. The monoisotopic (exact) mass is 347 g/mol. The molecular formula is C13H12BrF2NOS. The molecule has 0 bridgehead atoms. The molecule has 2 unspecified atom stereocenters. The molecule has 102 valence electrons. The molecule has 0 spiro atoms. The topological polar surface area (TPSA) is 35.2 Å². The Kier molecular flexibility index (Phi) is 4.54. The van der Waals surface area contributed by atoms with E-state index in [1.165, 1.54) is 17.4 Å². The minimum atomic E-state index is -1.01. The van der Waals surface area contributed by atoms with Crippen LogP contribution in [0.1, 0.15) is 17.9 Å². The van der Waals surface area contributed by atoms with Gasteiger partial charge in [-0.3, -0.25) is 0 Å². The van der Waals surface area contributed by atoms with Gasteiger partial charge in [0, 0.05) is 15.4 Å². The third kappa shape index (κ3) is 3.32. The Bertz CT molecular complexity index is 560.